The van der Waals surface area contributed by atoms with E-state index in [4.69, 9.17) is 39.4 Å². The molecule has 4 N–H and O–H groups in total. The van der Waals surface area contributed by atoms with Crippen molar-refractivity contribution in [2.24, 2.45) is 5.73 Å². The minimum absolute atomic E-state index is 0.151. The molecule has 0 amide bonds. The highest BCUT2D eigenvalue weighted by Gasteiger charge is 2.48. The molecule has 0 bridgehead atoms. The van der Waals surface area contributed by atoms with Gasteiger partial charge in [0.1, 0.15) is 23.2 Å². The fraction of sp³-hybridized carbons (Fsp3) is 0.261. The zero-order chi connectivity index (χ0) is 22.5. The molecule has 2 aromatic carbocycles. The van der Waals surface area contributed by atoms with Crippen LogP contribution in [0.15, 0.2) is 42.5 Å². The molecule has 0 radical (unpaired) electrons. The first kappa shape index (κ1) is 20.8. The zero-order valence-electron chi connectivity index (χ0n) is 17.1. The van der Waals surface area contributed by atoms with E-state index in [0.717, 1.165) is 11.3 Å². The lowest BCUT2D eigenvalue weighted by Gasteiger charge is -2.41. The van der Waals surface area contributed by atoms with E-state index in [1.807, 2.05) is 29.2 Å². The van der Waals surface area contributed by atoms with Crippen molar-refractivity contribution in [3.8, 4) is 22.9 Å². The number of nitriles is 1. The van der Waals surface area contributed by atoms with E-state index in [0.29, 0.717) is 53.1 Å². The van der Waals surface area contributed by atoms with Gasteiger partial charge < -0.3 is 21.1 Å². The van der Waals surface area contributed by atoms with E-state index < -0.39 is 5.60 Å². The van der Waals surface area contributed by atoms with Crippen molar-refractivity contribution in [1.82, 2.24) is 9.97 Å². The normalized spacial score (nSPS) is 18.8. The molecular formula is C23H20Cl2N6O. The molecule has 1 fully saturated rings. The number of nitrogen functional groups attached to an aromatic ring is 1. The van der Waals surface area contributed by atoms with Crippen molar-refractivity contribution in [3.05, 3.63) is 63.8 Å². The van der Waals surface area contributed by atoms with Crippen LogP contribution in [-0.2, 0) is 0 Å². The van der Waals surface area contributed by atoms with Gasteiger partial charge in [-0.05, 0) is 12.1 Å². The van der Waals surface area contributed by atoms with E-state index in [9.17, 15) is 5.26 Å². The second-order valence-corrected chi connectivity index (χ2v) is 8.80. The predicted octanol–water partition coefficient (Wildman–Crippen LogP) is 4.34. The van der Waals surface area contributed by atoms with Gasteiger partial charge in [0.15, 0.2) is 5.69 Å². The Hall–Kier alpha value is -3.05. The summed E-state index contributed by atoms with van der Waals surface area (Å²) >= 11 is 12.5. The number of ether oxygens (including phenoxy) is 1. The van der Waals surface area contributed by atoms with Gasteiger partial charge >= 0.3 is 0 Å². The fourth-order valence-corrected chi connectivity index (χ4v) is 4.94. The molecule has 5 rings (SSSR count). The second-order valence-electron chi connectivity index (χ2n) is 8.02. The maximum absolute atomic E-state index is 9.76. The van der Waals surface area contributed by atoms with Crippen LogP contribution in [0.1, 0.15) is 30.1 Å². The number of halogens is 2. The summed E-state index contributed by atoms with van der Waals surface area (Å²) in [5.41, 5.74) is 14.5. The molecule has 1 atom stereocenters. The van der Waals surface area contributed by atoms with Crippen molar-refractivity contribution in [2.45, 2.75) is 24.5 Å². The summed E-state index contributed by atoms with van der Waals surface area (Å²) in [7, 11) is 0. The highest BCUT2D eigenvalue weighted by Crippen LogP contribution is 2.47. The number of piperidine rings is 1. The summed E-state index contributed by atoms with van der Waals surface area (Å²) in [6.07, 6.45) is 1.41. The number of anilines is 2. The Morgan fingerprint density at radius 2 is 1.84 bits per heavy atom. The Labute approximate surface area is 195 Å². The van der Waals surface area contributed by atoms with Gasteiger partial charge in [-0.3, -0.25) is 0 Å². The Bertz CT molecular complexity index is 1250. The van der Waals surface area contributed by atoms with Crippen LogP contribution in [0.5, 0.6) is 5.75 Å². The van der Waals surface area contributed by atoms with Gasteiger partial charge in [0.2, 0.25) is 5.95 Å². The van der Waals surface area contributed by atoms with Crippen LogP contribution in [0.4, 0.5) is 11.8 Å². The van der Waals surface area contributed by atoms with E-state index in [1.165, 1.54) is 0 Å². The summed E-state index contributed by atoms with van der Waals surface area (Å²) in [6.45, 7) is 1.26. The molecular weight excluding hydrogens is 447 g/mol. The maximum atomic E-state index is 9.76. The Kier molecular flexibility index (Phi) is 5.09. The number of fused-ring (bicyclic) bond motifs is 1. The maximum Gasteiger partial charge on any atom is 0.228 e. The number of nitrogens with zero attached hydrogens (tertiary/aromatic N) is 4. The van der Waals surface area contributed by atoms with Crippen LogP contribution >= 0.6 is 23.2 Å². The Morgan fingerprint density at radius 3 is 2.56 bits per heavy atom. The van der Waals surface area contributed by atoms with Crippen molar-refractivity contribution in [1.29, 1.82) is 5.26 Å². The van der Waals surface area contributed by atoms with Crippen molar-refractivity contribution < 1.29 is 4.74 Å². The molecule has 9 heteroatoms. The van der Waals surface area contributed by atoms with Gasteiger partial charge in [0.05, 0.1) is 21.7 Å². The van der Waals surface area contributed by atoms with Gasteiger partial charge in [0.25, 0.3) is 0 Å². The average molecular weight is 467 g/mol. The lowest BCUT2D eigenvalue weighted by molar-refractivity contribution is 0.0429. The Balaban J connectivity index is 1.42. The van der Waals surface area contributed by atoms with Crippen molar-refractivity contribution >= 4 is 35.0 Å². The third kappa shape index (κ3) is 3.23. The molecule has 0 aliphatic carbocycles. The smallest absolute Gasteiger partial charge is 0.228 e. The highest BCUT2D eigenvalue weighted by molar-refractivity contribution is 6.43. The molecule has 1 spiro atoms. The number of hydrogen-bond donors (Lipinski definition) is 2. The zero-order valence-corrected chi connectivity index (χ0v) is 18.6. The Morgan fingerprint density at radius 1 is 1.09 bits per heavy atom. The van der Waals surface area contributed by atoms with Crippen LogP contribution in [0.25, 0.3) is 11.1 Å². The summed E-state index contributed by atoms with van der Waals surface area (Å²) in [4.78, 5) is 11.0. The largest absolute Gasteiger partial charge is 0.485 e. The molecule has 0 unspecified atom stereocenters. The van der Waals surface area contributed by atoms with Gasteiger partial charge in [-0.25, -0.2) is 4.98 Å². The summed E-state index contributed by atoms with van der Waals surface area (Å²) in [5.74, 6) is 1.43. The van der Waals surface area contributed by atoms with Crippen LogP contribution in [0.2, 0.25) is 10.0 Å². The van der Waals surface area contributed by atoms with Gasteiger partial charge in [0, 0.05) is 37.1 Å². The lowest BCUT2D eigenvalue weighted by Crippen LogP contribution is -2.51. The molecule has 162 valence electrons. The lowest BCUT2D eigenvalue weighted by atomic mass is 9.83. The molecule has 0 saturated carbocycles. The molecule has 1 saturated heterocycles. The molecule has 2 aliphatic rings. The number of para-hydroxylation sites is 1. The molecule has 2 aliphatic heterocycles. The van der Waals surface area contributed by atoms with E-state index in [2.05, 4.69) is 16.0 Å². The van der Waals surface area contributed by atoms with Crippen LogP contribution in [-0.4, -0.2) is 28.7 Å². The summed E-state index contributed by atoms with van der Waals surface area (Å²) < 4.78 is 6.31. The molecule has 3 heterocycles. The highest BCUT2D eigenvalue weighted by atomic mass is 35.5. The minimum Gasteiger partial charge on any atom is -0.485 e. The SMILES string of the molecule is N#Cc1nc(N2CCC3(CC2)Oc2ccccc2[C@@H]3N)nc(N)c1-c1cccc(Cl)c1Cl. The fourth-order valence-electron chi connectivity index (χ4n) is 4.55. The van der Waals surface area contributed by atoms with E-state index in [1.54, 1.807) is 18.2 Å². The van der Waals surface area contributed by atoms with Gasteiger partial charge in [-0.1, -0.05) is 53.5 Å². The third-order valence-electron chi connectivity index (χ3n) is 6.28. The van der Waals surface area contributed by atoms with Crippen LogP contribution in [0, 0.1) is 11.3 Å². The van der Waals surface area contributed by atoms with E-state index in [-0.39, 0.29) is 17.6 Å². The number of hydrogen-bond acceptors (Lipinski definition) is 7. The van der Waals surface area contributed by atoms with E-state index >= 15 is 0 Å². The first-order valence-electron chi connectivity index (χ1n) is 10.2. The number of rotatable bonds is 2. The van der Waals surface area contributed by atoms with Crippen LogP contribution < -0.4 is 21.1 Å². The first-order chi connectivity index (χ1) is 15.4. The quantitative estimate of drug-likeness (QED) is 0.577. The number of aromatic nitrogens is 2. The van der Waals surface area contributed by atoms with Gasteiger partial charge in [-0.15, -0.1) is 0 Å². The van der Waals surface area contributed by atoms with Gasteiger partial charge in [-0.2, -0.15) is 10.2 Å². The topological polar surface area (TPSA) is 114 Å². The number of nitrogens with two attached hydrogens (primary N) is 2. The van der Waals surface area contributed by atoms with Crippen molar-refractivity contribution in [2.75, 3.05) is 23.7 Å². The standard InChI is InChI=1S/C23H20Cl2N6O/c24-15-6-3-5-14(19(15)25)18-16(12-26)29-22(30-21(18)28)31-10-8-23(9-11-31)20(27)13-4-1-2-7-17(13)32-23/h1-7,20H,8-11,27H2,(H2,28,29,30)/t20-/m0/s1. The molecule has 3 aromatic rings. The van der Waals surface area contributed by atoms with Crippen LogP contribution in [0.3, 0.4) is 0 Å². The second kappa shape index (κ2) is 7.82. The summed E-state index contributed by atoms with van der Waals surface area (Å²) in [5, 5.41) is 10.4. The third-order valence-corrected chi connectivity index (χ3v) is 7.10. The summed E-state index contributed by atoms with van der Waals surface area (Å²) in [6, 6.07) is 15.0. The number of benzene rings is 2. The predicted molar refractivity (Wildman–Crippen MR) is 125 cm³/mol. The molecule has 7 nitrogen and oxygen atoms in total. The van der Waals surface area contributed by atoms with Crippen molar-refractivity contribution in [3.63, 3.8) is 0 Å². The average Bonchev–Trinajstić information content (AvgIpc) is 3.07. The first-order valence-corrected chi connectivity index (χ1v) is 11.0. The minimum atomic E-state index is -0.446. The monoisotopic (exact) mass is 466 g/mol. The molecule has 1 aromatic heterocycles. The molecule has 32 heavy (non-hydrogen) atoms.